The largest absolute Gasteiger partial charge is 0.497 e. The number of piperidine rings is 1. The van der Waals surface area contributed by atoms with Crippen LogP contribution in [0.4, 0.5) is 0 Å². The molecule has 0 bridgehead atoms. The maximum atomic E-state index is 6.18. The third kappa shape index (κ3) is 4.32. The number of dihydropyridines is 1. The molecule has 0 amide bonds. The topological polar surface area (TPSA) is 46.1 Å². The van der Waals surface area contributed by atoms with E-state index >= 15 is 0 Å². The van der Waals surface area contributed by atoms with Gasteiger partial charge in [0, 0.05) is 49.4 Å². The first-order valence-electron chi connectivity index (χ1n) is 13.0. The molecule has 35 heavy (non-hydrogen) atoms. The second-order valence-corrected chi connectivity index (χ2v) is 10.2. The third-order valence-electron chi connectivity index (χ3n) is 8.27. The van der Waals surface area contributed by atoms with Crippen molar-refractivity contribution in [3.63, 3.8) is 0 Å². The summed E-state index contributed by atoms with van der Waals surface area (Å²) in [6.45, 7) is 5.03. The zero-order valence-corrected chi connectivity index (χ0v) is 20.6. The third-order valence-corrected chi connectivity index (χ3v) is 8.27. The predicted octanol–water partition coefficient (Wildman–Crippen LogP) is 4.62. The molecule has 2 aromatic carbocycles. The van der Waals surface area contributed by atoms with Crippen LogP contribution in [0.2, 0.25) is 0 Å². The molecule has 2 atom stereocenters. The summed E-state index contributed by atoms with van der Waals surface area (Å²) < 4.78 is 11.7. The van der Waals surface area contributed by atoms with E-state index in [1.807, 2.05) is 18.3 Å². The molecule has 4 aliphatic rings. The highest BCUT2D eigenvalue weighted by atomic mass is 16.5. The van der Waals surface area contributed by atoms with Crippen molar-refractivity contribution in [2.24, 2.45) is 10.9 Å². The number of fused-ring (bicyclic) bond motifs is 4. The Morgan fingerprint density at radius 2 is 2.09 bits per heavy atom. The minimum atomic E-state index is 0.122. The van der Waals surface area contributed by atoms with Crippen molar-refractivity contribution in [3.05, 3.63) is 77.4 Å². The first-order valence-corrected chi connectivity index (χ1v) is 13.0. The number of hydrogen-bond donors (Lipinski definition) is 1. The first-order chi connectivity index (χ1) is 17.3. The second kappa shape index (κ2) is 9.63. The summed E-state index contributed by atoms with van der Waals surface area (Å²) in [5.41, 5.74) is 5.68. The summed E-state index contributed by atoms with van der Waals surface area (Å²) in [7, 11) is 1.72. The van der Waals surface area contributed by atoms with E-state index in [1.54, 1.807) is 7.11 Å². The van der Waals surface area contributed by atoms with Gasteiger partial charge in [0.15, 0.2) is 0 Å². The van der Waals surface area contributed by atoms with Crippen molar-refractivity contribution in [1.82, 2.24) is 10.2 Å². The van der Waals surface area contributed by atoms with Crippen LogP contribution in [0, 0.1) is 5.92 Å². The van der Waals surface area contributed by atoms with Crippen LogP contribution in [-0.2, 0) is 12.0 Å². The Labute approximate surface area is 208 Å². The number of likely N-dealkylation sites (tertiary alicyclic amines) is 1. The van der Waals surface area contributed by atoms with E-state index in [0.717, 1.165) is 56.1 Å². The highest BCUT2D eigenvalue weighted by molar-refractivity contribution is 5.80. The first kappa shape index (κ1) is 22.6. The van der Waals surface area contributed by atoms with E-state index < -0.39 is 0 Å². The van der Waals surface area contributed by atoms with Gasteiger partial charge < -0.3 is 19.7 Å². The molecule has 1 saturated heterocycles. The van der Waals surface area contributed by atoms with E-state index in [1.165, 1.54) is 29.5 Å². The highest BCUT2D eigenvalue weighted by Crippen LogP contribution is 2.41. The van der Waals surface area contributed by atoms with Gasteiger partial charge in [-0.25, -0.2) is 0 Å². The molecule has 6 rings (SSSR count). The highest BCUT2D eigenvalue weighted by Gasteiger charge is 2.39. The molecule has 1 fully saturated rings. The minimum absolute atomic E-state index is 0.122. The molecule has 0 radical (unpaired) electrons. The molecule has 5 nitrogen and oxygen atoms in total. The van der Waals surface area contributed by atoms with Gasteiger partial charge >= 0.3 is 0 Å². The lowest BCUT2D eigenvalue weighted by atomic mass is 9.76. The molecule has 1 spiro atoms. The zero-order chi connectivity index (χ0) is 23.7. The van der Waals surface area contributed by atoms with Crippen LogP contribution in [0.25, 0.3) is 5.57 Å². The maximum Gasteiger partial charge on any atom is 0.127 e. The number of nitrogens with zero attached hydrogens (tertiary/aromatic N) is 2. The molecule has 5 heteroatoms. The van der Waals surface area contributed by atoms with Crippen LogP contribution >= 0.6 is 0 Å². The fraction of sp³-hybridized carbons (Fsp3) is 0.433. The molecule has 2 aromatic rings. The fourth-order valence-corrected chi connectivity index (χ4v) is 6.34. The van der Waals surface area contributed by atoms with Gasteiger partial charge in [0.2, 0.25) is 0 Å². The van der Waals surface area contributed by atoms with Gasteiger partial charge in [-0.15, -0.1) is 0 Å². The number of ether oxygens (including phenoxy) is 2. The summed E-state index contributed by atoms with van der Waals surface area (Å²) in [4.78, 5) is 7.36. The predicted molar refractivity (Wildman–Crippen MR) is 141 cm³/mol. The van der Waals surface area contributed by atoms with Crippen molar-refractivity contribution < 1.29 is 9.47 Å². The van der Waals surface area contributed by atoms with Crippen molar-refractivity contribution in [2.45, 2.75) is 37.3 Å². The van der Waals surface area contributed by atoms with E-state index in [2.05, 4.69) is 58.8 Å². The summed E-state index contributed by atoms with van der Waals surface area (Å²) in [5, 5.41) is 3.89. The fourth-order valence-electron chi connectivity index (χ4n) is 6.34. The van der Waals surface area contributed by atoms with E-state index in [4.69, 9.17) is 14.5 Å². The van der Waals surface area contributed by atoms with Crippen LogP contribution in [0.5, 0.6) is 11.5 Å². The monoisotopic (exact) mass is 469 g/mol. The van der Waals surface area contributed by atoms with Gasteiger partial charge in [-0.1, -0.05) is 36.4 Å². The van der Waals surface area contributed by atoms with Gasteiger partial charge in [0.1, 0.15) is 18.1 Å². The standard InChI is InChI=1S/C30H35N3O2/c1-34-23-10-11-29-26(20-23)24(25-7-4-15-31-28(25)21-35-29)8-5-17-33-18-13-30(14-19-33)27-9-3-2-6-22(27)12-16-32-30/h2-4,6-11,15,20,25,28,32H,5,12-14,16-19,21H2,1H3. The van der Waals surface area contributed by atoms with E-state index in [-0.39, 0.29) is 17.5 Å². The molecule has 2 unspecified atom stereocenters. The minimum Gasteiger partial charge on any atom is -0.497 e. The molecule has 4 heterocycles. The SMILES string of the molecule is COc1ccc2c(c1)C(=CCCN1CCC3(CC1)NCCc1ccccc13)C1C=CC=NC1CO2. The van der Waals surface area contributed by atoms with Gasteiger partial charge in [0.05, 0.1) is 13.2 Å². The maximum absolute atomic E-state index is 6.18. The second-order valence-electron chi connectivity index (χ2n) is 10.2. The van der Waals surface area contributed by atoms with Crippen molar-refractivity contribution >= 4 is 11.8 Å². The Morgan fingerprint density at radius 1 is 1.20 bits per heavy atom. The average Bonchev–Trinajstić information content (AvgIpc) is 3.07. The lowest BCUT2D eigenvalue weighted by Gasteiger charge is -2.46. The van der Waals surface area contributed by atoms with E-state index in [9.17, 15) is 0 Å². The zero-order valence-electron chi connectivity index (χ0n) is 20.6. The van der Waals surface area contributed by atoms with Crippen molar-refractivity contribution in [2.75, 3.05) is 39.9 Å². The summed E-state index contributed by atoms with van der Waals surface area (Å²) in [6.07, 6.45) is 13.2. The van der Waals surface area contributed by atoms with Crippen molar-refractivity contribution in [1.29, 1.82) is 0 Å². The van der Waals surface area contributed by atoms with Gasteiger partial charge in [0.25, 0.3) is 0 Å². The summed E-state index contributed by atoms with van der Waals surface area (Å²) in [5.74, 6) is 2.03. The molecular weight excluding hydrogens is 434 g/mol. The van der Waals surface area contributed by atoms with E-state index in [0.29, 0.717) is 6.61 Å². The number of methoxy groups -OCH3 is 1. The van der Waals surface area contributed by atoms with Gasteiger partial charge in [-0.3, -0.25) is 4.99 Å². The van der Waals surface area contributed by atoms with Crippen LogP contribution in [0.1, 0.15) is 36.0 Å². The van der Waals surface area contributed by atoms with Crippen LogP contribution < -0.4 is 14.8 Å². The smallest absolute Gasteiger partial charge is 0.127 e. The molecular formula is C30H35N3O2. The Balaban J connectivity index is 1.18. The summed E-state index contributed by atoms with van der Waals surface area (Å²) in [6, 6.07) is 15.3. The average molecular weight is 470 g/mol. The van der Waals surface area contributed by atoms with Crippen molar-refractivity contribution in [3.8, 4) is 11.5 Å². The van der Waals surface area contributed by atoms with Gasteiger partial charge in [-0.2, -0.15) is 0 Å². The number of hydrogen-bond acceptors (Lipinski definition) is 5. The van der Waals surface area contributed by atoms with Crippen LogP contribution in [-0.4, -0.2) is 57.1 Å². The number of aliphatic imine (C=N–C) groups is 1. The lowest BCUT2D eigenvalue weighted by Crippen LogP contribution is -2.54. The Morgan fingerprint density at radius 3 is 2.97 bits per heavy atom. The van der Waals surface area contributed by atoms with Crippen LogP contribution in [0.3, 0.4) is 0 Å². The normalized spacial score (nSPS) is 25.9. The van der Waals surface area contributed by atoms with Gasteiger partial charge in [-0.05, 0) is 66.7 Å². The molecule has 0 aliphatic carbocycles. The number of nitrogens with one attached hydrogen (secondary N) is 1. The quantitative estimate of drug-likeness (QED) is 0.710. The number of allylic oxidation sites excluding steroid dienone is 1. The Kier molecular flexibility index (Phi) is 6.21. The molecule has 1 N–H and O–H groups in total. The Bertz CT molecular complexity index is 1160. The molecule has 0 aromatic heterocycles. The number of benzene rings is 2. The molecule has 4 aliphatic heterocycles. The number of rotatable bonds is 4. The molecule has 0 saturated carbocycles. The van der Waals surface area contributed by atoms with Crippen LogP contribution in [0.15, 0.2) is 65.7 Å². The summed E-state index contributed by atoms with van der Waals surface area (Å²) >= 11 is 0. The lowest BCUT2D eigenvalue weighted by molar-refractivity contribution is 0.130. The Hall–Kier alpha value is -2.89. The molecule has 182 valence electrons.